The van der Waals surface area contributed by atoms with E-state index in [0.717, 1.165) is 0 Å². The van der Waals surface area contributed by atoms with E-state index >= 15 is 0 Å². The largest absolute Gasteiger partial charge is 0.477 e. The fourth-order valence-electron chi connectivity index (χ4n) is 0.315. The lowest BCUT2D eigenvalue weighted by atomic mass is 10.2. The Morgan fingerprint density at radius 1 is 1.44 bits per heavy atom. The van der Waals surface area contributed by atoms with Crippen molar-refractivity contribution in [3.05, 3.63) is 10.8 Å². The molecule has 0 amide bonds. The van der Waals surface area contributed by atoms with Gasteiger partial charge in [0.1, 0.15) is 5.60 Å². The van der Waals surface area contributed by atoms with Crippen LogP contribution in [0.3, 0.4) is 0 Å². The summed E-state index contributed by atoms with van der Waals surface area (Å²) in [4.78, 5) is 0. The third-order valence-electron chi connectivity index (χ3n) is 0.489. The van der Waals surface area contributed by atoms with E-state index < -0.39 is 0 Å². The standard InChI is InChI=1S/C6H10Cl2O/c1-6(2,3)9-5(8)4-7/h4H,1-3H3/b5-4+. The second-order valence-electron chi connectivity index (χ2n) is 2.63. The molecule has 9 heavy (non-hydrogen) atoms. The van der Waals surface area contributed by atoms with Crippen LogP contribution in [0.25, 0.3) is 0 Å². The van der Waals surface area contributed by atoms with Gasteiger partial charge in [0.15, 0.2) is 5.22 Å². The van der Waals surface area contributed by atoms with Gasteiger partial charge in [-0.25, -0.2) is 0 Å². The van der Waals surface area contributed by atoms with Crippen molar-refractivity contribution in [2.24, 2.45) is 0 Å². The minimum atomic E-state index is -0.261. The van der Waals surface area contributed by atoms with Crippen LogP contribution in [0, 0.1) is 0 Å². The van der Waals surface area contributed by atoms with Gasteiger partial charge in [0.2, 0.25) is 0 Å². The Kier molecular flexibility index (Phi) is 3.37. The predicted molar refractivity (Wildman–Crippen MR) is 40.6 cm³/mol. The van der Waals surface area contributed by atoms with E-state index in [1.165, 1.54) is 5.54 Å². The van der Waals surface area contributed by atoms with Crippen LogP contribution in [0.1, 0.15) is 20.8 Å². The van der Waals surface area contributed by atoms with Gasteiger partial charge < -0.3 is 4.74 Å². The van der Waals surface area contributed by atoms with E-state index in [0.29, 0.717) is 0 Å². The maximum Gasteiger partial charge on any atom is 0.198 e. The summed E-state index contributed by atoms with van der Waals surface area (Å²) in [5.41, 5.74) is 0.940. The molecule has 1 nitrogen and oxygen atoms in total. The molecular formula is C6H10Cl2O. The second-order valence-corrected chi connectivity index (χ2v) is 3.22. The third-order valence-corrected chi connectivity index (χ3v) is 0.986. The first-order valence-electron chi connectivity index (χ1n) is 2.60. The molecule has 0 heterocycles. The highest BCUT2D eigenvalue weighted by Crippen LogP contribution is 2.16. The first kappa shape index (κ1) is 9.12. The summed E-state index contributed by atoms with van der Waals surface area (Å²) in [6.07, 6.45) is 0. The maximum absolute atomic E-state index is 5.46. The van der Waals surface area contributed by atoms with E-state index in [-0.39, 0.29) is 10.8 Å². The van der Waals surface area contributed by atoms with Gasteiger partial charge in [0.25, 0.3) is 0 Å². The molecule has 0 radical (unpaired) electrons. The molecule has 0 aliphatic rings. The lowest BCUT2D eigenvalue weighted by Crippen LogP contribution is -2.16. The van der Waals surface area contributed by atoms with Crippen LogP contribution >= 0.6 is 23.2 Å². The molecule has 0 aromatic rings. The summed E-state index contributed by atoms with van der Waals surface area (Å²) in [6.45, 7) is 5.70. The van der Waals surface area contributed by atoms with Crippen molar-refractivity contribution in [2.75, 3.05) is 0 Å². The topological polar surface area (TPSA) is 9.23 Å². The minimum Gasteiger partial charge on any atom is -0.477 e. The van der Waals surface area contributed by atoms with Gasteiger partial charge in [-0.2, -0.15) is 0 Å². The van der Waals surface area contributed by atoms with E-state index in [2.05, 4.69) is 0 Å². The highest BCUT2D eigenvalue weighted by molar-refractivity contribution is 6.35. The molecule has 0 aromatic carbocycles. The number of ether oxygens (including phenoxy) is 1. The predicted octanol–water partition coefficient (Wildman–Crippen LogP) is 3.08. The average Bonchev–Trinajstić information content (AvgIpc) is 1.62. The molecule has 0 spiro atoms. The van der Waals surface area contributed by atoms with Crippen LogP contribution in [0.15, 0.2) is 10.8 Å². The summed E-state index contributed by atoms with van der Waals surface area (Å²) >= 11 is 10.7. The Bertz CT molecular complexity index is 113. The Morgan fingerprint density at radius 2 is 1.89 bits per heavy atom. The molecule has 0 saturated heterocycles. The van der Waals surface area contributed by atoms with Gasteiger partial charge in [0, 0.05) is 0 Å². The van der Waals surface area contributed by atoms with E-state index in [1.807, 2.05) is 20.8 Å². The molecule has 0 aliphatic carbocycles. The molecule has 0 unspecified atom stereocenters. The molecule has 0 rings (SSSR count). The van der Waals surface area contributed by atoms with Gasteiger partial charge in [-0.1, -0.05) is 11.6 Å². The van der Waals surface area contributed by atoms with Gasteiger partial charge in [-0.15, -0.1) is 0 Å². The van der Waals surface area contributed by atoms with Crippen molar-refractivity contribution in [2.45, 2.75) is 26.4 Å². The van der Waals surface area contributed by atoms with Crippen LogP contribution < -0.4 is 0 Å². The smallest absolute Gasteiger partial charge is 0.198 e. The van der Waals surface area contributed by atoms with E-state index in [1.54, 1.807) is 0 Å². The molecule has 3 heteroatoms. The van der Waals surface area contributed by atoms with Crippen molar-refractivity contribution < 1.29 is 4.74 Å². The fourth-order valence-corrected chi connectivity index (χ4v) is 0.591. The van der Waals surface area contributed by atoms with Crippen LogP contribution in [0.4, 0.5) is 0 Å². The lowest BCUT2D eigenvalue weighted by molar-refractivity contribution is 0.0680. The maximum atomic E-state index is 5.46. The highest BCUT2D eigenvalue weighted by atomic mass is 35.5. The highest BCUT2D eigenvalue weighted by Gasteiger charge is 2.11. The Balaban J connectivity index is 3.75. The van der Waals surface area contributed by atoms with Crippen LogP contribution in [0.5, 0.6) is 0 Å². The van der Waals surface area contributed by atoms with Crippen LogP contribution in [-0.4, -0.2) is 5.60 Å². The zero-order valence-corrected chi connectivity index (χ0v) is 7.25. The molecular weight excluding hydrogens is 159 g/mol. The fraction of sp³-hybridized carbons (Fsp3) is 0.667. The molecule has 0 aromatic heterocycles. The first-order valence-corrected chi connectivity index (χ1v) is 3.42. The molecule has 0 aliphatic heterocycles. The summed E-state index contributed by atoms with van der Waals surface area (Å²) in [5.74, 6) is 0. The summed E-state index contributed by atoms with van der Waals surface area (Å²) in [7, 11) is 0. The van der Waals surface area contributed by atoms with Crippen molar-refractivity contribution >= 4 is 23.2 Å². The number of hydrogen-bond acceptors (Lipinski definition) is 1. The SMILES string of the molecule is CC(C)(C)O/C(Cl)=C/Cl. The van der Waals surface area contributed by atoms with Crippen molar-refractivity contribution in [1.82, 2.24) is 0 Å². The Hall–Kier alpha value is 0.120. The van der Waals surface area contributed by atoms with E-state index in [4.69, 9.17) is 27.9 Å². The van der Waals surface area contributed by atoms with Gasteiger partial charge in [-0.05, 0) is 32.4 Å². The molecule has 0 atom stereocenters. The monoisotopic (exact) mass is 168 g/mol. The average molecular weight is 169 g/mol. The third kappa shape index (κ3) is 6.00. The summed E-state index contributed by atoms with van der Waals surface area (Å²) in [5, 5.41) is 0.226. The summed E-state index contributed by atoms with van der Waals surface area (Å²) in [6, 6.07) is 0. The quantitative estimate of drug-likeness (QED) is 0.548. The lowest BCUT2D eigenvalue weighted by Gasteiger charge is -2.19. The molecule has 0 bridgehead atoms. The molecule has 0 N–H and O–H groups in total. The van der Waals surface area contributed by atoms with Gasteiger partial charge in [-0.3, -0.25) is 0 Å². The molecule has 0 saturated carbocycles. The first-order chi connectivity index (χ1) is 3.95. The van der Waals surface area contributed by atoms with Crippen LogP contribution in [-0.2, 0) is 4.74 Å². The van der Waals surface area contributed by atoms with Crippen molar-refractivity contribution in [3.8, 4) is 0 Å². The van der Waals surface area contributed by atoms with Gasteiger partial charge in [0.05, 0.1) is 5.54 Å². The van der Waals surface area contributed by atoms with Gasteiger partial charge >= 0.3 is 0 Å². The Morgan fingerprint density at radius 3 is 2.00 bits per heavy atom. The number of hydrogen-bond donors (Lipinski definition) is 0. The minimum absolute atomic E-state index is 0.226. The number of halogens is 2. The van der Waals surface area contributed by atoms with Crippen LogP contribution in [0.2, 0.25) is 0 Å². The molecule has 54 valence electrons. The second kappa shape index (κ2) is 3.33. The summed E-state index contributed by atoms with van der Waals surface area (Å²) < 4.78 is 5.08. The zero-order valence-electron chi connectivity index (χ0n) is 5.74. The zero-order chi connectivity index (χ0) is 7.49. The van der Waals surface area contributed by atoms with Crippen molar-refractivity contribution in [1.29, 1.82) is 0 Å². The Labute approximate surface area is 65.6 Å². The van der Waals surface area contributed by atoms with Crippen molar-refractivity contribution in [3.63, 3.8) is 0 Å². The number of rotatable bonds is 1. The van der Waals surface area contributed by atoms with E-state index in [9.17, 15) is 0 Å². The molecule has 0 fully saturated rings. The normalized spacial score (nSPS) is 13.7.